The van der Waals surface area contributed by atoms with Gasteiger partial charge in [0.1, 0.15) is 11.6 Å². The molecule has 1 aromatic carbocycles. The standard InChI is InChI=1S/C20H20FN5/c21-16-4-1-3-14(11-16)17-5-2-10-25(17)20-7-6-19-23-13-18(26(19)24-20)15-8-9-22-12-15/h1,3-4,6-8,11,13,17,22H,2,5,9-10,12H2/t17-/m1/s1. The number of imidazole rings is 1. The lowest BCUT2D eigenvalue weighted by molar-refractivity contribution is 0.617. The van der Waals surface area contributed by atoms with Gasteiger partial charge in [-0.25, -0.2) is 13.9 Å². The SMILES string of the molecule is Fc1cccc([C@H]2CCCN2c2ccc3ncc(C4=CCNC4)n3n2)c1. The van der Waals surface area contributed by atoms with Crippen LogP contribution in [0.1, 0.15) is 30.1 Å². The molecule has 3 aromatic rings. The third-order valence-corrected chi connectivity index (χ3v) is 5.27. The van der Waals surface area contributed by atoms with Gasteiger partial charge in [-0.05, 0) is 48.2 Å². The molecule has 0 unspecified atom stereocenters. The number of benzene rings is 1. The second kappa shape index (κ2) is 6.21. The summed E-state index contributed by atoms with van der Waals surface area (Å²) in [5.41, 5.74) is 4.12. The van der Waals surface area contributed by atoms with E-state index in [1.165, 1.54) is 11.6 Å². The number of rotatable bonds is 3. The second-order valence-electron chi connectivity index (χ2n) is 6.87. The lowest BCUT2D eigenvalue weighted by Gasteiger charge is -2.26. The smallest absolute Gasteiger partial charge is 0.154 e. The van der Waals surface area contributed by atoms with Crippen LogP contribution < -0.4 is 10.2 Å². The van der Waals surface area contributed by atoms with Crippen molar-refractivity contribution < 1.29 is 4.39 Å². The Morgan fingerprint density at radius 2 is 2.15 bits per heavy atom. The van der Waals surface area contributed by atoms with E-state index in [1.807, 2.05) is 28.9 Å². The van der Waals surface area contributed by atoms with E-state index < -0.39 is 0 Å². The van der Waals surface area contributed by atoms with Gasteiger partial charge in [0.05, 0.1) is 17.9 Å². The Balaban J connectivity index is 1.54. The first kappa shape index (κ1) is 15.5. The van der Waals surface area contributed by atoms with Crippen LogP contribution in [0.15, 0.2) is 48.7 Å². The van der Waals surface area contributed by atoms with Crippen molar-refractivity contribution in [3.05, 3.63) is 65.7 Å². The van der Waals surface area contributed by atoms with Crippen LogP contribution in [-0.4, -0.2) is 34.2 Å². The van der Waals surface area contributed by atoms with E-state index in [4.69, 9.17) is 5.10 Å². The zero-order chi connectivity index (χ0) is 17.5. The molecule has 2 aliphatic rings. The van der Waals surface area contributed by atoms with Crippen molar-refractivity contribution in [3.63, 3.8) is 0 Å². The lowest BCUT2D eigenvalue weighted by atomic mass is 10.0. The van der Waals surface area contributed by atoms with Gasteiger partial charge in [0.2, 0.25) is 0 Å². The Kier molecular flexibility index (Phi) is 3.71. The van der Waals surface area contributed by atoms with Gasteiger partial charge in [0.15, 0.2) is 5.65 Å². The third-order valence-electron chi connectivity index (χ3n) is 5.27. The van der Waals surface area contributed by atoms with E-state index in [9.17, 15) is 4.39 Å². The van der Waals surface area contributed by atoms with Crippen molar-refractivity contribution in [1.82, 2.24) is 19.9 Å². The van der Waals surface area contributed by atoms with E-state index in [2.05, 4.69) is 21.3 Å². The molecule has 0 radical (unpaired) electrons. The van der Waals surface area contributed by atoms with Gasteiger partial charge in [0.25, 0.3) is 0 Å². The molecular weight excluding hydrogens is 329 g/mol. The zero-order valence-electron chi connectivity index (χ0n) is 14.4. The minimum atomic E-state index is -0.185. The Labute approximate surface area is 151 Å². The maximum Gasteiger partial charge on any atom is 0.154 e. The fourth-order valence-electron chi connectivity index (χ4n) is 4.01. The summed E-state index contributed by atoms with van der Waals surface area (Å²) in [5.74, 6) is 0.727. The molecule has 0 bridgehead atoms. The molecule has 4 heterocycles. The minimum absolute atomic E-state index is 0.162. The Bertz CT molecular complexity index is 993. The van der Waals surface area contributed by atoms with Gasteiger partial charge in [-0.2, -0.15) is 0 Å². The first-order valence-corrected chi connectivity index (χ1v) is 9.06. The highest BCUT2D eigenvalue weighted by molar-refractivity contribution is 5.68. The van der Waals surface area contributed by atoms with Gasteiger partial charge < -0.3 is 10.2 Å². The van der Waals surface area contributed by atoms with Gasteiger partial charge >= 0.3 is 0 Å². The molecule has 6 heteroatoms. The van der Waals surface area contributed by atoms with E-state index in [-0.39, 0.29) is 11.9 Å². The average Bonchev–Trinajstić information content (AvgIpc) is 3.40. The topological polar surface area (TPSA) is 45.5 Å². The first-order chi connectivity index (χ1) is 12.8. The first-order valence-electron chi connectivity index (χ1n) is 9.06. The highest BCUT2D eigenvalue weighted by Crippen LogP contribution is 2.35. The summed E-state index contributed by atoms with van der Waals surface area (Å²) in [4.78, 5) is 6.76. The molecule has 132 valence electrons. The predicted molar refractivity (Wildman–Crippen MR) is 99.6 cm³/mol. The summed E-state index contributed by atoms with van der Waals surface area (Å²) < 4.78 is 15.6. The van der Waals surface area contributed by atoms with Crippen LogP contribution in [-0.2, 0) is 0 Å². The molecule has 5 rings (SSSR count). The summed E-state index contributed by atoms with van der Waals surface area (Å²) in [6, 6.07) is 11.1. The molecule has 2 aliphatic heterocycles. The summed E-state index contributed by atoms with van der Waals surface area (Å²) in [5, 5.41) is 8.20. The Morgan fingerprint density at radius 3 is 3.00 bits per heavy atom. The van der Waals surface area contributed by atoms with Crippen molar-refractivity contribution in [3.8, 4) is 0 Å². The highest BCUT2D eigenvalue weighted by Gasteiger charge is 2.28. The maximum absolute atomic E-state index is 13.7. The number of fused-ring (bicyclic) bond motifs is 1. The molecule has 0 spiro atoms. The number of halogens is 1. The summed E-state index contributed by atoms with van der Waals surface area (Å²) in [6.07, 6.45) is 6.16. The average molecular weight is 349 g/mol. The number of hydrogen-bond donors (Lipinski definition) is 1. The molecule has 1 fully saturated rings. The normalized spacial score (nSPS) is 20.1. The Morgan fingerprint density at radius 1 is 1.19 bits per heavy atom. The second-order valence-corrected chi connectivity index (χ2v) is 6.87. The number of nitrogens with zero attached hydrogens (tertiary/aromatic N) is 4. The molecule has 1 N–H and O–H groups in total. The van der Waals surface area contributed by atoms with Crippen molar-refractivity contribution in [2.24, 2.45) is 0 Å². The fraction of sp³-hybridized carbons (Fsp3) is 0.300. The van der Waals surface area contributed by atoms with E-state index in [0.717, 1.165) is 55.2 Å². The molecule has 1 atom stereocenters. The van der Waals surface area contributed by atoms with Crippen LogP contribution in [0.4, 0.5) is 10.2 Å². The minimum Gasteiger partial charge on any atom is -0.348 e. The molecule has 26 heavy (non-hydrogen) atoms. The highest BCUT2D eigenvalue weighted by atomic mass is 19.1. The van der Waals surface area contributed by atoms with Gasteiger partial charge in [-0.15, -0.1) is 5.10 Å². The number of nitrogens with one attached hydrogen (secondary N) is 1. The number of hydrogen-bond acceptors (Lipinski definition) is 4. The van der Waals surface area contributed by atoms with Gasteiger partial charge in [-0.1, -0.05) is 18.2 Å². The summed E-state index contributed by atoms with van der Waals surface area (Å²) >= 11 is 0. The zero-order valence-corrected chi connectivity index (χ0v) is 14.4. The lowest BCUT2D eigenvalue weighted by Crippen LogP contribution is -2.24. The van der Waals surface area contributed by atoms with Crippen LogP contribution in [0.25, 0.3) is 11.2 Å². The Hall–Kier alpha value is -2.73. The quantitative estimate of drug-likeness (QED) is 0.789. The van der Waals surface area contributed by atoms with Crippen LogP contribution in [0, 0.1) is 5.82 Å². The molecule has 0 saturated carbocycles. The van der Waals surface area contributed by atoms with Gasteiger partial charge in [-0.3, -0.25) is 0 Å². The molecule has 2 aromatic heterocycles. The van der Waals surface area contributed by atoms with E-state index in [0.29, 0.717) is 0 Å². The van der Waals surface area contributed by atoms with Crippen LogP contribution in [0.2, 0.25) is 0 Å². The molecule has 5 nitrogen and oxygen atoms in total. The number of aromatic nitrogens is 3. The summed E-state index contributed by atoms with van der Waals surface area (Å²) in [7, 11) is 0. The predicted octanol–water partition coefficient (Wildman–Crippen LogP) is 3.20. The third kappa shape index (κ3) is 2.57. The van der Waals surface area contributed by atoms with E-state index in [1.54, 1.807) is 12.1 Å². The van der Waals surface area contributed by atoms with Crippen LogP contribution >= 0.6 is 0 Å². The molecular formula is C20H20FN5. The number of anilines is 1. The molecule has 0 aliphatic carbocycles. The fourth-order valence-corrected chi connectivity index (χ4v) is 4.01. The largest absolute Gasteiger partial charge is 0.348 e. The monoisotopic (exact) mass is 349 g/mol. The van der Waals surface area contributed by atoms with Crippen molar-refractivity contribution in [2.75, 3.05) is 24.5 Å². The van der Waals surface area contributed by atoms with Crippen molar-refractivity contribution >= 4 is 17.0 Å². The van der Waals surface area contributed by atoms with Crippen molar-refractivity contribution in [1.29, 1.82) is 0 Å². The molecule has 0 amide bonds. The molecule has 1 saturated heterocycles. The maximum atomic E-state index is 13.7. The summed E-state index contributed by atoms with van der Waals surface area (Å²) in [6.45, 7) is 2.65. The van der Waals surface area contributed by atoms with Crippen LogP contribution in [0.5, 0.6) is 0 Å². The van der Waals surface area contributed by atoms with Crippen LogP contribution in [0.3, 0.4) is 0 Å². The van der Waals surface area contributed by atoms with E-state index >= 15 is 0 Å². The van der Waals surface area contributed by atoms with Gasteiger partial charge in [0, 0.05) is 19.6 Å². The van der Waals surface area contributed by atoms with Crippen molar-refractivity contribution in [2.45, 2.75) is 18.9 Å².